The Balaban J connectivity index is 1.15. The molecular weight excluding hydrogens is 481 g/mol. The fourth-order valence-electron chi connectivity index (χ4n) is 5.86. The minimum absolute atomic E-state index is 0.0189. The van der Waals surface area contributed by atoms with Crippen LogP contribution in [-0.2, 0) is 16.6 Å². The summed E-state index contributed by atoms with van der Waals surface area (Å²) in [5.41, 5.74) is 1.54. The first-order valence-electron chi connectivity index (χ1n) is 12.7. The predicted molar refractivity (Wildman–Crippen MR) is 137 cm³/mol. The van der Waals surface area contributed by atoms with Gasteiger partial charge in [-0.1, -0.05) is 11.6 Å². The highest BCUT2D eigenvalue weighted by Gasteiger charge is 2.47. The molecule has 4 atom stereocenters. The maximum absolute atomic E-state index is 14.5. The molecule has 2 saturated heterocycles. The Labute approximate surface area is 215 Å². The second-order valence-corrected chi connectivity index (χ2v) is 11.2. The molecule has 0 spiro atoms. The van der Waals surface area contributed by atoms with Crippen LogP contribution < -0.4 is 5.32 Å². The zero-order valence-corrected chi connectivity index (χ0v) is 21.3. The van der Waals surface area contributed by atoms with Gasteiger partial charge < -0.3 is 10.1 Å². The summed E-state index contributed by atoms with van der Waals surface area (Å²) in [6, 6.07) is 7.98. The maximum atomic E-state index is 14.5. The molecule has 4 heterocycles. The van der Waals surface area contributed by atoms with Gasteiger partial charge in [0.2, 0.25) is 5.91 Å². The number of halogens is 2. The van der Waals surface area contributed by atoms with Gasteiger partial charge in [-0.3, -0.25) is 14.4 Å². The van der Waals surface area contributed by atoms with E-state index in [0.29, 0.717) is 18.3 Å². The SMILES string of the molecule is Cn1ccc([C@@H]2C[C@H]2C(=O)Nc2cc3cc(C4CCN([C@]5(C)COC[C@@H]5F)CC4)c(Cl)cc3cn2)n1. The van der Waals surface area contributed by atoms with Crippen LogP contribution in [0.5, 0.6) is 0 Å². The van der Waals surface area contributed by atoms with E-state index in [1.165, 1.54) is 0 Å². The molecule has 9 heteroatoms. The van der Waals surface area contributed by atoms with E-state index in [1.807, 2.05) is 38.4 Å². The number of hydrogen-bond acceptors (Lipinski definition) is 5. The number of carbonyl (C=O) groups is 1. The lowest BCUT2D eigenvalue weighted by atomic mass is 9.85. The molecule has 36 heavy (non-hydrogen) atoms. The van der Waals surface area contributed by atoms with E-state index < -0.39 is 11.7 Å². The number of ether oxygens (including phenoxy) is 1. The van der Waals surface area contributed by atoms with Gasteiger partial charge in [-0.05, 0) is 80.4 Å². The molecule has 0 bridgehead atoms. The number of amides is 1. The number of benzene rings is 1. The summed E-state index contributed by atoms with van der Waals surface area (Å²) in [6.45, 7) is 4.23. The molecule has 1 amide bonds. The van der Waals surface area contributed by atoms with Crippen LogP contribution in [0.25, 0.3) is 10.8 Å². The summed E-state index contributed by atoms with van der Waals surface area (Å²) < 4.78 is 21.7. The molecule has 7 nitrogen and oxygen atoms in total. The fourth-order valence-corrected chi connectivity index (χ4v) is 6.18. The summed E-state index contributed by atoms with van der Waals surface area (Å²) >= 11 is 6.70. The van der Waals surface area contributed by atoms with Crippen molar-refractivity contribution in [2.45, 2.75) is 49.7 Å². The van der Waals surface area contributed by atoms with Crippen molar-refractivity contribution in [1.29, 1.82) is 0 Å². The van der Waals surface area contributed by atoms with Crippen LogP contribution >= 0.6 is 11.6 Å². The number of rotatable bonds is 5. The number of likely N-dealkylation sites (tertiary alicyclic amines) is 1. The number of piperidine rings is 1. The van der Waals surface area contributed by atoms with Crippen LogP contribution in [-0.4, -0.2) is 63.6 Å². The summed E-state index contributed by atoms with van der Waals surface area (Å²) in [6.07, 6.45) is 5.35. The molecule has 1 aliphatic carbocycles. The maximum Gasteiger partial charge on any atom is 0.229 e. The predicted octanol–water partition coefficient (Wildman–Crippen LogP) is 4.67. The van der Waals surface area contributed by atoms with E-state index in [4.69, 9.17) is 16.3 Å². The van der Waals surface area contributed by atoms with Crippen molar-refractivity contribution >= 4 is 34.1 Å². The first kappa shape index (κ1) is 23.8. The Morgan fingerprint density at radius 1 is 1.25 bits per heavy atom. The highest BCUT2D eigenvalue weighted by molar-refractivity contribution is 6.32. The third kappa shape index (κ3) is 4.29. The topological polar surface area (TPSA) is 72.3 Å². The summed E-state index contributed by atoms with van der Waals surface area (Å²) in [4.78, 5) is 19.5. The van der Waals surface area contributed by atoms with Gasteiger partial charge in [0, 0.05) is 41.7 Å². The fraction of sp³-hybridized carbons (Fsp3) is 0.519. The third-order valence-corrected chi connectivity index (χ3v) is 8.65. The molecule has 2 aliphatic heterocycles. The van der Waals surface area contributed by atoms with Gasteiger partial charge in [0.15, 0.2) is 0 Å². The number of hydrogen-bond donors (Lipinski definition) is 1. The number of nitrogens with zero attached hydrogens (tertiary/aromatic N) is 4. The van der Waals surface area contributed by atoms with Gasteiger partial charge in [0.05, 0.1) is 24.4 Å². The van der Waals surface area contributed by atoms with Crippen molar-refractivity contribution in [2.75, 3.05) is 31.6 Å². The third-order valence-electron chi connectivity index (χ3n) is 8.32. The van der Waals surface area contributed by atoms with E-state index in [9.17, 15) is 9.18 Å². The van der Waals surface area contributed by atoms with E-state index in [2.05, 4.69) is 26.4 Å². The van der Waals surface area contributed by atoms with Gasteiger partial charge in [-0.15, -0.1) is 0 Å². The van der Waals surface area contributed by atoms with Crippen LogP contribution in [0.4, 0.5) is 10.2 Å². The molecule has 3 fully saturated rings. The molecule has 190 valence electrons. The summed E-state index contributed by atoms with van der Waals surface area (Å²) in [7, 11) is 1.88. The minimum atomic E-state index is -0.950. The lowest BCUT2D eigenvalue weighted by Gasteiger charge is -2.43. The van der Waals surface area contributed by atoms with Crippen LogP contribution in [0.15, 0.2) is 36.7 Å². The number of aryl methyl sites for hydroxylation is 1. The zero-order valence-electron chi connectivity index (χ0n) is 20.6. The van der Waals surface area contributed by atoms with E-state index >= 15 is 0 Å². The van der Waals surface area contributed by atoms with Gasteiger partial charge in [0.1, 0.15) is 12.0 Å². The number of pyridine rings is 1. The van der Waals surface area contributed by atoms with Crippen molar-refractivity contribution in [3.05, 3.63) is 52.9 Å². The lowest BCUT2D eigenvalue weighted by Crippen LogP contribution is -2.55. The highest BCUT2D eigenvalue weighted by Crippen LogP contribution is 2.47. The smallest absolute Gasteiger partial charge is 0.229 e. The van der Waals surface area contributed by atoms with Crippen molar-refractivity contribution < 1.29 is 13.9 Å². The van der Waals surface area contributed by atoms with Gasteiger partial charge in [0.25, 0.3) is 0 Å². The van der Waals surface area contributed by atoms with Crippen LogP contribution in [0.3, 0.4) is 0 Å². The Morgan fingerprint density at radius 2 is 2.06 bits per heavy atom. The number of carbonyl (C=O) groups excluding carboxylic acids is 1. The largest absolute Gasteiger partial charge is 0.376 e. The molecule has 1 N–H and O–H groups in total. The zero-order chi connectivity index (χ0) is 25.0. The van der Waals surface area contributed by atoms with Crippen molar-refractivity contribution in [3.8, 4) is 0 Å². The lowest BCUT2D eigenvalue weighted by molar-refractivity contribution is -0.117. The molecule has 0 unspecified atom stereocenters. The van der Waals surface area contributed by atoms with Gasteiger partial charge >= 0.3 is 0 Å². The molecular formula is C27H31ClFN5O2. The van der Waals surface area contributed by atoms with Crippen molar-refractivity contribution in [1.82, 2.24) is 19.7 Å². The van der Waals surface area contributed by atoms with E-state index in [1.54, 1.807) is 10.9 Å². The Morgan fingerprint density at radius 3 is 2.75 bits per heavy atom. The van der Waals surface area contributed by atoms with E-state index in [0.717, 1.165) is 59.4 Å². The van der Waals surface area contributed by atoms with Gasteiger partial charge in [-0.2, -0.15) is 5.10 Å². The molecule has 2 aromatic heterocycles. The quantitative estimate of drug-likeness (QED) is 0.539. The molecule has 0 radical (unpaired) electrons. The Kier molecular flexibility index (Phi) is 6.01. The standard InChI is InChI=1S/C27H31ClFN5O2/c1-27(15-36-14-24(27)29)34-7-3-16(4-8-34)19-9-17-11-25(30-13-18(17)10-22(19)28)31-26(35)21-12-20(21)23-5-6-33(2)32-23/h5-6,9-11,13,16,20-21,24H,3-4,7-8,12,14-15H2,1-2H3,(H,30,31,35)/t20-,21-,24+,27-/m1/s1. The summed E-state index contributed by atoms with van der Waals surface area (Å²) in [5.74, 6) is 0.937. The van der Waals surface area contributed by atoms with Crippen molar-refractivity contribution in [2.24, 2.45) is 13.0 Å². The average molecular weight is 512 g/mol. The molecule has 1 aromatic carbocycles. The second-order valence-electron chi connectivity index (χ2n) is 10.7. The van der Waals surface area contributed by atoms with Crippen LogP contribution in [0.1, 0.15) is 49.3 Å². The molecule has 3 aliphatic rings. The highest BCUT2D eigenvalue weighted by atomic mass is 35.5. The number of aromatic nitrogens is 3. The first-order chi connectivity index (χ1) is 17.3. The van der Waals surface area contributed by atoms with Crippen LogP contribution in [0, 0.1) is 5.92 Å². The van der Waals surface area contributed by atoms with Crippen LogP contribution in [0.2, 0.25) is 5.02 Å². The Hall–Kier alpha value is -2.55. The number of fused-ring (bicyclic) bond motifs is 1. The molecule has 6 rings (SSSR count). The minimum Gasteiger partial charge on any atom is -0.376 e. The number of nitrogens with one attached hydrogen (secondary N) is 1. The summed E-state index contributed by atoms with van der Waals surface area (Å²) in [5, 5.41) is 10.1. The number of alkyl halides is 1. The van der Waals surface area contributed by atoms with E-state index in [-0.39, 0.29) is 24.3 Å². The molecule has 1 saturated carbocycles. The van der Waals surface area contributed by atoms with Gasteiger partial charge in [-0.25, -0.2) is 9.37 Å². The van der Waals surface area contributed by atoms with Crippen molar-refractivity contribution in [3.63, 3.8) is 0 Å². The average Bonchev–Trinajstić information content (AvgIpc) is 3.44. The number of anilines is 1. The first-order valence-corrected chi connectivity index (χ1v) is 13.1. The normalized spacial score (nSPS) is 29.1. The Bertz CT molecular complexity index is 1310. The second kappa shape index (κ2) is 9.08. The monoisotopic (exact) mass is 511 g/mol. The molecule has 3 aromatic rings.